The summed E-state index contributed by atoms with van der Waals surface area (Å²) < 4.78 is 5.25. The Kier molecular flexibility index (Phi) is 6.51. The van der Waals surface area contributed by atoms with Crippen LogP contribution in [0.3, 0.4) is 0 Å². The van der Waals surface area contributed by atoms with Crippen molar-refractivity contribution in [2.45, 2.75) is 13.3 Å². The van der Waals surface area contributed by atoms with Crippen LogP contribution in [0.2, 0.25) is 5.02 Å². The van der Waals surface area contributed by atoms with Crippen molar-refractivity contribution in [3.8, 4) is 5.75 Å². The van der Waals surface area contributed by atoms with Gasteiger partial charge in [0.05, 0.1) is 37.3 Å². The van der Waals surface area contributed by atoms with Crippen molar-refractivity contribution >= 4 is 40.6 Å². The van der Waals surface area contributed by atoms with Crippen LogP contribution in [0.15, 0.2) is 42.5 Å². The third-order valence-electron chi connectivity index (χ3n) is 4.56. The first kappa shape index (κ1) is 20.8. The van der Waals surface area contributed by atoms with Crippen LogP contribution < -0.4 is 15.0 Å². The highest BCUT2D eigenvalue weighted by Gasteiger charge is 2.36. The smallest absolute Gasteiger partial charge is 0.300 e. The molecule has 0 radical (unpaired) electrons. The van der Waals surface area contributed by atoms with E-state index in [0.29, 0.717) is 28.7 Å². The lowest BCUT2D eigenvalue weighted by molar-refractivity contribution is -0.118. The van der Waals surface area contributed by atoms with Gasteiger partial charge in [-0.05, 0) is 36.8 Å². The highest BCUT2D eigenvalue weighted by Crippen LogP contribution is 2.31. The summed E-state index contributed by atoms with van der Waals surface area (Å²) >= 11 is 5.95. The van der Waals surface area contributed by atoms with Crippen LogP contribution in [0.1, 0.15) is 23.7 Å². The maximum atomic E-state index is 12.6. The number of rotatable bonds is 8. The van der Waals surface area contributed by atoms with Gasteiger partial charge in [0.2, 0.25) is 5.91 Å². The molecule has 7 nitrogen and oxygen atoms in total. The highest BCUT2D eigenvalue weighted by atomic mass is 35.5. The van der Waals surface area contributed by atoms with Crippen molar-refractivity contribution in [1.29, 1.82) is 0 Å². The molecule has 0 aromatic heterocycles. The number of halogens is 1. The molecule has 1 heterocycles. The number of Topliss-reactive ketones (excluding diaryl/α,β-unsaturated/α-hetero) is 1. The third-order valence-corrected chi connectivity index (χ3v) is 4.80. The molecular formula is C21H22ClN3O4. The molecule has 2 aromatic carbocycles. The first-order valence-corrected chi connectivity index (χ1v) is 9.63. The summed E-state index contributed by atoms with van der Waals surface area (Å²) in [6.45, 7) is 2.76. The average Bonchev–Trinajstić information content (AvgIpc) is 2.93. The number of anilines is 2. The zero-order valence-electron chi connectivity index (χ0n) is 16.3. The molecule has 152 valence electrons. The van der Waals surface area contributed by atoms with Crippen LogP contribution in [0, 0.1) is 0 Å². The van der Waals surface area contributed by atoms with E-state index < -0.39 is 11.7 Å². The Bertz CT molecular complexity index is 947. The van der Waals surface area contributed by atoms with Gasteiger partial charge in [-0.1, -0.05) is 30.7 Å². The lowest BCUT2D eigenvalue weighted by Crippen LogP contribution is -2.44. The van der Waals surface area contributed by atoms with E-state index in [-0.39, 0.29) is 24.7 Å². The molecule has 1 aliphatic heterocycles. The molecule has 1 aliphatic rings. The average molecular weight is 416 g/mol. The molecule has 29 heavy (non-hydrogen) atoms. The van der Waals surface area contributed by atoms with Crippen LogP contribution >= 0.6 is 11.6 Å². The highest BCUT2D eigenvalue weighted by molar-refractivity contribution is 6.52. The first-order chi connectivity index (χ1) is 13.9. The summed E-state index contributed by atoms with van der Waals surface area (Å²) in [6.07, 6.45) is 0.783. The van der Waals surface area contributed by atoms with E-state index in [1.54, 1.807) is 30.3 Å². The van der Waals surface area contributed by atoms with E-state index in [0.717, 1.165) is 6.42 Å². The third kappa shape index (κ3) is 4.58. The number of methoxy groups -OCH3 is 1. The van der Waals surface area contributed by atoms with Crippen LogP contribution in [0.4, 0.5) is 11.4 Å². The fraction of sp³-hybridized carbons (Fsp3) is 0.286. The maximum absolute atomic E-state index is 12.6. The summed E-state index contributed by atoms with van der Waals surface area (Å²) in [5.41, 5.74) is 1.37. The van der Waals surface area contributed by atoms with Crippen molar-refractivity contribution < 1.29 is 19.1 Å². The molecular weight excluding hydrogens is 394 g/mol. The maximum Gasteiger partial charge on any atom is 0.300 e. The predicted molar refractivity (Wildman–Crippen MR) is 112 cm³/mol. The van der Waals surface area contributed by atoms with E-state index in [1.807, 2.05) is 17.9 Å². The topological polar surface area (TPSA) is 79.0 Å². The van der Waals surface area contributed by atoms with Gasteiger partial charge in [0.1, 0.15) is 5.75 Å². The minimum Gasteiger partial charge on any atom is -0.495 e. The Hall–Kier alpha value is -2.90. The number of carbonyl (C=O) groups is 3. The molecule has 2 aromatic rings. The number of nitrogens with zero attached hydrogens (tertiary/aromatic N) is 2. The van der Waals surface area contributed by atoms with Gasteiger partial charge in [0, 0.05) is 11.6 Å². The zero-order chi connectivity index (χ0) is 21.0. The number of benzene rings is 2. The van der Waals surface area contributed by atoms with Gasteiger partial charge in [0.25, 0.3) is 5.78 Å². The molecule has 0 saturated heterocycles. The Morgan fingerprint density at radius 2 is 1.97 bits per heavy atom. The molecule has 0 saturated carbocycles. The van der Waals surface area contributed by atoms with Crippen molar-refractivity contribution in [1.82, 2.24) is 4.90 Å². The van der Waals surface area contributed by atoms with Gasteiger partial charge in [-0.3, -0.25) is 24.2 Å². The molecule has 1 N–H and O–H groups in total. The van der Waals surface area contributed by atoms with Crippen LogP contribution in [0.25, 0.3) is 0 Å². The standard InChI is InChI=1S/C21H22ClN3O4/c1-3-10-24(12-19(26)23-16-6-4-5-7-18(16)29-2)13-25-17-9-8-14(22)11-15(17)20(27)21(25)28/h4-9,11H,3,10,12-13H2,1-2H3,(H,23,26). The molecule has 0 unspecified atom stereocenters. The van der Waals surface area contributed by atoms with E-state index in [9.17, 15) is 14.4 Å². The zero-order valence-corrected chi connectivity index (χ0v) is 17.0. The van der Waals surface area contributed by atoms with E-state index in [1.165, 1.54) is 18.1 Å². The number of ketones is 1. The summed E-state index contributed by atoms with van der Waals surface area (Å²) in [4.78, 5) is 40.5. The van der Waals surface area contributed by atoms with Gasteiger partial charge < -0.3 is 10.1 Å². The Balaban J connectivity index is 1.73. The molecule has 2 amide bonds. The summed E-state index contributed by atoms with van der Waals surface area (Å²) in [5.74, 6) is -0.878. The second-order valence-electron chi connectivity index (χ2n) is 6.67. The van der Waals surface area contributed by atoms with Gasteiger partial charge in [-0.25, -0.2) is 0 Å². The van der Waals surface area contributed by atoms with Gasteiger partial charge in [0.15, 0.2) is 0 Å². The fourth-order valence-electron chi connectivity index (χ4n) is 3.27. The Labute approximate surface area is 174 Å². The molecule has 0 aliphatic carbocycles. The van der Waals surface area contributed by atoms with Crippen LogP contribution in [0.5, 0.6) is 5.75 Å². The Morgan fingerprint density at radius 3 is 2.69 bits per heavy atom. The van der Waals surface area contributed by atoms with E-state index >= 15 is 0 Å². The number of ether oxygens (including phenoxy) is 1. The lowest BCUT2D eigenvalue weighted by atomic mass is 10.1. The second-order valence-corrected chi connectivity index (χ2v) is 7.10. The number of amides is 2. The SMILES string of the molecule is CCCN(CC(=O)Nc1ccccc1OC)CN1C(=O)C(=O)c2cc(Cl)ccc21. The van der Waals surface area contributed by atoms with Crippen molar-refractivity contribution in [3.63, 3.8) is 0 Å². The molecule has 8 heteroatoms. The fourth-order valence-corrected chi connectivity index (χ4v) is 3.44. The molecule has 0 atom stereocenters. The minimum absolute atomic E-state index is 0.0623. The number of nitrogens with one attached hydrogen (secondary N) is 1. The molecule has 0 spiro atoms. The number of hydrogen-bond acceptors (Lipinski definition) is 5. The van der Waals surface area contributed by atoms with Crippen LogP contribution in [-0.4, -0.2) is 49.4 Å². The van der Waals surface area contributed by atoms with E-state index in [4.69, 9.17) is 16.3 Å². The quantitative estimate of drug-likeness (QED) is 0.670. The molecule has 0 bridgehead atoms. The van der Waals surface area contributed by atoms with Gasteiger partial charge >= 0.3 is 5.91 Å². The monoisotopic (exact) mass is 415 g/mol. The number of hydrogen-bond donors (Lipinski definition) is 1. The second kappa shape index (κ2) is 9.07. The van der Waals surface area contributed by atoms with Crippen molar-refractivity contribution in [2.24, 2.45) is 0 Å². The van der Waals surface area contributed by atoms with Crippen molar-refractivity contribution in [3.05, 3.63) is 53.1 Å². The summed E-state index contributed by atoms with van der Waals surface area (Å²) in [5, 5.41) is 3.23. The van der Waals surface area contributed by atoms with Crippen molar-refractivity contribution in [2.75, 3.05) is 37.1 Å². The number of para-hydroxylation sites is 2. The largest absolute Gasteiger partial charge is 0.495 e. The number of fused-ring (bicyclic) bond motifs is 1. The lowest BCUT2D eigenvalue weighted by Gasteiger charge is -2.27. The van der Waals surface area contributed by atoms with Gasteiger partial charge in [-0.2, -0.15) is 0 Å². The number of carbonyl (C=O) groups excluding carboxylic acids is 3. The molecule has 3 rings (SSSR count). The van der Waals surface area contributed by atoms with Crippen LogP contribution in [-0.2, 0) is 9.59 Å². The van der Waals surface area contributed by atoms with Gasteiger partial charge in [-0.15, -0.1) is 0 Å². The normalized spacial score (nSPS) is 13.0. The Morgan fingerprint density at radius 1 is 1.21 bits per heavy atom. The summed E-state index contributed by atoms with van der Waals surface area (Å²) in [6, 6.07) is 11.9. The minimum atomic E-state index is -0.617. The van der Waals surface area contributed by atoms with E-state index in [2.05, 4.69) is 5.32 Å². The summed E-state index contributed by atoms with van der Waals surface area (Å²) in [7, 11) is 1.54. The predicted octanol–water partition coefficient (Wildman–Crippen LogP) is 3.19. The first-order valence-electron chi connectivity index (χ1n) is 9.25. The molecule has 0 fully saturated rings.